The summed E-state index contributed by atoms with van der Waals surface area (Å²) in [6.07, 6.45) is 9.92. The van der Waals surface area contributed by atoms with E-state index >= 15 is 0 Å². The van der Waals surface area contributed by atoms with Gasteiger partial charge in [-0.15, -0.1) is 0 Å². The van der Waals surface area contributed by atoms with Crippen molar-refractivity contribution in [1.29, 1.82) is 0 Å². The van der Waals surface area contributed by atoms with Crippen molar-refractivity contribution in [3.05, 3.63) is 194 Å². The van der Waals surface area contributed by atoms with E-state index in [-0.39, 0.29) is 0 Å². The van der Waals surface area contributed by atoms with Crippen LogP contribution in [0.4, 0.5) is 17.1 Å². The average Bonchev–Trinajstić information content (AvgIpc) is 3.72. The molecule has 10 rings (SSSR count). The predicted molar refractivity (Wildman–Crippen MR) is 221 cm³/mol. The Morgan fingerprint density at radius 1 is 0.481 bits per heavy atom. The first kappa shape index (κ1) is 30.3. The Kier molecular flexibility index (Phi) is 7.17. The molecule has 1 aliphatic rings. The molecule has 0 aliphatic heterocycles. The summed E-state index contributed by atoms with van der Waals surface area (Å²) in [4.78, 5) is 2.32. The van der Waals surface area contributed by atoms with Crippen LogP contribution in [-0.2, 0) is 0 Å². The van der Waals surface area contributed by atoms with Gasteiger partial charge >= 0.3 is 0 Å². The minimum Gasteiger partial charge on any atom is -0.333 e. The number of para-hydroxylation sites is 3. The number of hydrogen-bond donors (Lipinski definition) is 0. The van der Waals surface area contributed by atoms with Gasteiger partial charge in [-0.2, -0.15) is 0 Å². The highest BCUT2D eigenvalue weighted by molar-refractivity contribution is 6.12. The molecule has 2 aromatic heterocycles. The van der Waals surface area contributed by atoms with Crippen molar-refractivity contribution in [1.82, 2.24) is 9.13 Å². The topological polar surface area (TPSA) is 13.1 Å². The molecule has 1 unspecified atom stereocenters. The summed E-state index contributed by atoms with van der Waals surface area (Å²) in [6, 6.07) is 60.2. The molecule has 1 atom stereocenters. The van der Waals surface area contributed by atoms with Crippen LogP contribution < -0.4 is 4.90 Å². The number of aromatic nitrogens is 2. The lowest BCUT2D eigenvalue weighted by atomic mass is 10.0. The van der Waals surface area contributed by atoms with Crippen LogP contribution in [0.25, 0.3) is 60.4 Å². The quantitative estimate of drug-likeness (QED) is 0.172. The van der Waals surface area contributed by atoms with Crippen molar-refractivity contribution in [2.24, 2.45) is 0 Å². The Morgan fingerprint density at radius 2 is 1.02 bits per heavy atom. The maximum Gasteiger partial charge on any atom is 0.0560 e. The number of allylic oxidation sites excluding steroid dienone is 4. The third kappa shape index (κ3) is 4.97. The minimum absolute atomic E-state index is 0.318. The molecule has 7 aromatic carbocycles. The van der Waals surface area contributed by atoms with Gasteiger partial charge in [-0.3, -0.25) is 0 Å². The Morgan fingerprint density at radius 3 is 1.71 bits per heavy atom. The number of benzene rings is 7. The Bertz CT molecular complexity index is 2810. The summed E-state index contributed by atoms with van der Waals surface area (Å²) in [5.41, 5.74) is 13.2. The number of aryl methyl sites for hydroxylation is 1. The second-order valence-corrected chi connectivity index (χ2v) is 13.8. The Labute approximate surface area is 303 Å². The van der Waals surface area contributed by atoms with Gasteiger partial charge in [-0.1, -0.05) is 109 Å². The van der Waals surface area contributed by atoms with E-state index in [1.54, 1.807) is 0 Å². The monoisotopic (exact) mass is 667 g/mol. The summed E-state index contributed by atoms with van der Waals surface area (Å²) in [7, 11) is 0. The maximum atomic E-state index is 2.51. The molecule has 2 heterocycles. The fraction of sp³-hybridized carbons (Fsp3) is 0.0612. The van der Waals surface area contributed by atoms with Crippen molar-refractivity contribution in [2.75, 3.05) is 4.90 Å². The van der Waals surface area contributed by atoms with Gasteiger partial charge in [0.05, 0.1) is 17.1 Å². The van der Waals surface area contributed by atoms with E-state index in [0.717, 1.165) is 29.2 Å². The lowest BCUT2D eigenvalue weighted by Crippen LogP contribution is -2.10. The molecule has 0 spiro atoms. The van der Waals surface area contributed by atoms with Crippen molar-refractivity contribution in [3.63, 3.8) is 0 Å². The Hall–Kier alpha value is -6.58. The van der Waals surface area contributed by atoms with Gasteiger partial charge in [0.2, 0.25) is 0 Å². The zero-order chi connectivity index (χ0) is 34.6. The summed E-state index contributed by atoms with van der Waals surface area (Å²) in [6.45, 7) is 2.13. The van der Waals surface area contributed by atoms with Crippen molar-refractivity contribution >= 4 is 60.7 Å². The smallest absolute Gasteiger partial charge is 0.0560 e. The van der Waals surface area contributed by atoms with Crippen LogP contribution in [0.1, 0.15) is 18.0 Å². The van der Waals surface area contributed by atoms with Gasteiger partial charge in [-0.25, -0.2) is 0 Å². The predicted octanol–water partition coefficient (Wildman–Crippen LogP) is 13.4. The number of hydrogen-bond acceptors (Lipinski definition) is 1. The summed E-state index contributed by atoms with van der Waals surface area (Å²) < 4.78 is 4.91. The molecular formula is C49H37N3. The highest BCUT2D eigenvalue weighted by atomic mass is 15.1. The highest BCUT2D eigenvalue weighted by Crippen LogP contribution is 2.40. The molecule has 248 valence electrons. The van der Waals surface area contributed by atoms with Gasteiger partial charge in [-0.05, 0) is 109 Å². The van der Waals surface area contributed by atoms with Crippen LogP contribution in [0.3, 0.4) is 0 Å². The van der Waals surface area contributed by atoms with Gasteiger partial charge in [0.25, 0.3) is 0 Å². The summed E-state index contributed by atoms with van der Waals surface area (Å²) in [5, 5.41) is 5.11. The largest absolute Gasteiger partial charge is 0.333 e. The molecule has 3 heteroatoms. The van der Waals surface area contributed by atoms with Crippen LogP contribution >= 0.6 is 0 Å². The SMILES string of the molecule is Cc1ccc(N(c2ccccc2)c2ccc(-n3c4ccccc4c4cc(-c5ccc6c(c5)c5ccccc5n6C5C=CC=CC5)ccc43)cc2)cc1. The van der Waals surface area contributed by atoms with Crippen LogP contribution in [0.15, 0.2) is 188 Å². The van der Waals surface area contributed by atoms with Gasteiger partial charge in [0.15, 0.2) is 0 Å². The molecule has 0 fully saturated rings. The lowest BCUT2D eigenvalue weighted by molar-refractivity contribution is 0.648. The molecule has 0 bridgehead atoms. The molecule has 9 aromatic rings. The lowest BCUT2D eigenvalue weighted by Gasteiger charge is -2.26. The van der Waals surface area contributed by atoms with Crippen LogP contribution in [0.5, 0.6) is 0 Å². The van der Waals surface area contributed by atoms with Crippen LogP contribution in [0, 0.1) is 6.92 Å². The average molecular weight is 668 g/mol. The summed E-state index contributed by atoms with van der Waals surface area (Å²) in [5.74, 6) is 0. The van der Waals surface area contributed by atoms with Gasteiger partial charge in [0.1, 0.15) is 0 Å². The van der Waals surface area contributed by atoms with Gasteiger partial charge in [0, 0.05) is 55.3 Å². The molecule has 0 saturated carbocycles. The third-order valence-electron chi connectivity index (χ3n) is 10.7. The van der Waals surface area contributed by atoms with E-state index in [2.05, 4.69) is 209 Å². The standard InChI is InChI=1S/C49H37N3/c1-34-20-24-39(25-21-34)50(37-12-4-2-5-13-37)40-26-28-41(29-27-40)52-47-19-11-9-17-43(47)45-33-36(23-31-49(45)52)35-22-30-48-44(32-35)42-16-8-10-18-46(42)51(48)38-14-6-3-7-15-38/h2-14,16-33,38H,15H2,1H3. The highest BCUT2D eigenvalue weighted by Gasteiger charge is 2.19. The van der Waals surface area contributed by atoms with Crippen LogP contribution in [-0.4, -0.2) is 9.13 Å². The molecule has 0 radical (unpaired) electrons. The molecule has 3 nitrogen and oxygen atoms in total. The third-order valence-corrected chi connectivity index (χ3v) is 10.7. The first-order valence-corrected chi connectivity index (χ1v) is 18.1. The first-order valence-electron chi connectivity index (χ1n) is 18.1. The van der Waals surface area contributed by atoms with Crippen LogP contribution in [0.2, 0.25) is 0 Å². The van der Waals surface area contributed by atoms with E-state index in [4.69, 9.17) is 0 Å². The molecule has 52 heavy (non-hydrogen) atoms. The minimum atomic E-state index is 0.318. The molecule has 0 N–H and O–H groups in total. The molecule has 0 amide bonds. The van der Waals surface area contributed by atoms with E-state index in [0.29, 0.717) is 6.04 Å². The van der Waals surface area contributed by atoms with E-state index in [1.807, 2.05) is 0 Å². The maximum absolute atomic E-state index is 2.51. The van der Waals surface area contributed by atoms with E-state index in [9.17, 15) is 0 Å². The molecule has 1 aliphatic carbocycles. The fourth-order valence-corrected chi connectivity index (χ4v) is 8.20. The van der Waals surface area contributed by atoms with E-state index in [1.165, 1.54) is 60.3 Å². The Balaban J connectivity index is 1.07. The number of rotatable bonds is 6. The van der Waals surface area contributed by atoms with Crippen molar-refractivity contribution in [2.45, 2.75) is 19.4 Å². The number of anilines is 3. The zero-order valence-corrected chi connectivity index (χ0v) is 29.0. The van der Waals surface area contributed by atoms with Crippen molar-refractivity contribution in [3.8, 4) is 16.8 Å². The zero-order valence-electron chi connectivity index (χ0n) is 29.0. The van der Waals surface area contributed by atoms with Crippen molar-refractivity contribution < 1.29 is 0 Å². The molecular weight excluding hydrogens is 631 g/mol. The number of nitrogens with zero attached hydrogens (tertiary/aromatic N) is 3. The second kappa shape index (κ2) is 12.3. The normalized spacial score (nSPS) is 14.2. The molecule has 0 saturated heterocycles. The van der Waals surface area contributed by atoms with Gasteiger partial charge < -0.3 is 14.0 Å². The second-order valence-electron chi connectivity index (χ2n) is 13.8. The summed E-state index contributed by atoms with van der Waals surface area (Å²) >= 11 is 0. The fourth-order valence-electron chi connectivity index (χ4n) is 8.20. The van der Waals surface area contributed by atoms with E-state index < -0.39 is 0 Å². The number of fused-ring (bicyclic) bond motifs is 6. The first-order chi connectivity index (χ1) is 25.7.